The highest BCUT2D eigenvalue weighted by Gasteiger charge is 2.30. The molecule has 0 aliphatic carbocycles. The van der Waals surface area contributed by atoms with Gasteiger partial charge in [0.05, 0.1) is 11.0 Å². The molecular formula is C14H14FN5O3. The van der Waals surface area contributed by atoms with Crippen molar-refractivity contribution in [3.63, 3.8) is 0 Å². The van der Waals surface area contributed by atoms with E-state index >= 15 is 0 Å². The summed E-state index contributed by atoms with van der Waals surface area (Å²) in [6, 6.07) is 3.63. The Morgan fingerprint density at radius 3 is 2.96 bits per heavy atom. The number of nitro groups is 1. The van der Waals surface area contributed by atoms with E-state index in [-0.39, 0.29) is 23.1 Å². The number of hydrogen-bond acceptors (Lipinski definition) is 6. The van der Waals surface area contributed by atoms with Crippen LogP contribution in [0.2, 0.25) is 0 Å². The lowest BCUT2D eigenvalue weighted by molar-refractivity contribution is -0.384. The van der Waals surface area contributed by atoms with E-state index in [1.165, 1.54) is 18.2 Å². The minimum absolute atomic E-state index is 0.189. The first-order chi connectivity index (χ1) is 11.0. The molecule has 1 saturated heterocycles. The molecule has 0 aromatic carbocycles. The second-order valence-corrected chi connectivity index (χ2v) is 5.28. The van der Waals surface area contributed by atoms with Crippen molar-refractivity contribution in [1.82, 2.24) is 9.97 Å². The van der Waals surface area contributed by atoms with Crippen molar-refractivity contribution in [3.8, 4) is 0 Å². The molecule has 2 aromatic rings. The minimum Gasteiger partial charge on any atom is -0.378 e. The minimum atomic E-state index is -0.606. The maximum Gasteiger partial charge on any atom is 0.311 e. The molecule has 3 rings (SSSR count). The Balaban J connectivity index is 1.99. The summed E-state index contributed by atoms with van der Waals surface area (Å²) in [6.07, 6.45) is 2.46. The van der Waals surface area contributed by atoms with Crippen molar-refractivity contribution in [3.05, 3.63) is 56.2 Å². The molecule has 0 spiro atoms. The number of pyridine rings is 2. The Bertz CT molecular complexity index is 822. The normalized spacial score (nSPS) is 17.4. The Morgan fingerprint density at radius 1 is 1.48 bits per heavy atom. The third kappa shape index (κ3) is 2.72. The molecule has 8 nitrogen and oxygen atoms in total. The van der Waals surface area contributed by atoms with Crippen LogP contribution in [0.25, 0.3) is 0 Å². The van der Waals surface area contributed by atoms with Crippen LogP contribution in [0.15, 0.2) is 29.2 Å². The van der Waals surface area contributed by atoms with Crippen LogP contribution >= 0.6 is 0 Å². The van der Waals surface area contributed by atoms with Crippen LogP contribution in [0.4, 0.5) is 21.7 Å². The Labute approximate surface area is 129 Å². The van der Waals surface area contributed by atoms with E-state index in [4.69, 9.17) is 5.73 Å². The first kappa shape index (κ1) is 14.9. The fourth-order valence-corrected chi connectivity index (χ4v) is 2.86. The zero-order chi connectivity index (χ0) is 16.6. The van der Waals surface area contributed by atoms with Crippen LogP contribution in [-0.4, -0.2) is 21.4 Å². The predicted octanol–water partition coefficient (Wildman–Crippen LogP) is 1.74. The molecule has 120 valence electrons. The maximum atomic E-state index is 13.4. The third-order valence-corrected chi connectivity index (χ3v) is 3.89. The SMILES string of the molecule is Nc1nc(N2CCCC2c2cc(F)c[nH]c2=O)ccc1[N+](=O)[O-]. The van der Waals surface area contributed by atoms with Crippen LogP contribution in [0.5, 0.6) is 0 Å². The number of nitrogen functional groups attached to an aromatic ring is 1. The maximum absolute atomic E-state index is 13.4. The van der Waals surface area contributed by atoms with Crippen molar-refractivity contribution in [1.29, 1.82) is 0 Å². The largest absolute Gasteiger partial charge is 0.378 e. The number of nitrogens with one attached hydrogen (secondary N) is 1. The number of hydrogen-bond donors (Lipinski definition) is 2. The second-order valence-electron chi connectivity index (χ2n) is 5.28. The molecular weight excluding hydrogens is 305 g/mol. The van der Waals surface area contributed by atoms with Gasteiger partial charge in [-0.2, -0.15) is 0 Å². The average molecular weight is 319 g/mol. The van der Waals surface area contributed by atoms with Gasteiger partial charge in [0.25, 0.3) is 5.56 Å². The van der Waals surface area contributed by atoms with Crippen molar-refractivity contribution in [2.45, 2.75) is 18.9 Å². The van der Waals surface area contributed by atoms with E-state index in [2.05, 4.69) is 9.97 Å². The smallest absolute Gasteiger partial charge is 0.311 e. The first-order valence-corrected chi connectivity index (χ1v) is 7.03. The highest BCUT2D eigenvalue weighted by Crippen LogP contribution is 2.35. The summed E-state index contributed by atoms with van der Waals surface area (Å²) in [5.41, 5.74) is 5.29. The van der Waals surface area contributed by atoms with E-state index in [0.29, 0.717) is 24.3 Å². The van der Waals surface area contributed by atoms with Crippen molar-refractivity contribution >= 4 is 17.3 Å². The number of aromatic amines is 1. The van der Waals surface area contributed by atoms with Gasteiger partial charge in [-0.15, -0.1) is 0 Å². The van der Waals surface area contributed by atoms with E-state index in [1.54, 1.807) is 0 Å². The topological polar surface area (TPSA) is 118 Å². The number of aromatic nitrogens is 2. The van der Waals surface area contributed by atoms with Crippen LogP contribution in [0.1, 0.15) is 24.4 Å². The summed E-state index contributed by atoms with van der Waals surface area (Å²) in [6.45, 7) is 0.602. The van der Waals surface area contributed by atoms with Crippen LogP contribution in [-0.2, 0) is 0 Å². The highest BCUT2D eigenvalue weighted by molar-refractivity contribution is 5.58. The number of anilines is 2. The number of nitrogens with zero attached hydrogens (tertiary/aromatic N) is 3. The number of H-pyrrole nitrogens is 1. The summed E-state index contributed by atoms with van der Waals surface area (Å²) < 4.78 is 13.4. The number of rotatable bonds is 3. The lowest BCUT2D eigenvalue weighted by Gasteiger charge is -2.25. The average Bonchev–Trinajstić information content (AvgIpc) is 2.98. The Kier molecular flexibility index (Phi) is 3.68. The molecule has 9 heteroatoms. The van der Waals surface area contributed by atoms with Gasteiger partial charge in [0.2, 0.25) is 5.82 Å². The molecule has 2 aromatic heterocycles. The molecule has 1 fully saturated rings. The zero-order valence-electron chi connectivity index (χ0n) is 12.0. The summed E-state index contributed by atoms with van der Waals surface area (Å²) in [5.74, 6) is -0.284. The summed E-state index contributed by atoms with van der Waals surface area (Å²) in [7, 11) is 0. The standard InChI is InChI=1S/C14H14FN5O3/c15-8-6-9(14(21)17-7-8)10-2-1-5-19(10)12-4-3-11(20(22)23)13(16)18-12/h3-4,6-7,10H,1-2,5H2,(H2,16,18)(H,17,21). The lowest BCUT2D eigenvalue weighted by atomic mass is 10.1. The van der Waals surface area contributed by atoms with Gasteiger partial charge >= 0.3 is 5.69 Å². The van der Waals surface area contributed by atoms with Crippen LogP contribution in [0.3, 0.4) is 0 Å². The monoisotopic (exact) mass is 319 g/mol. The fourth-order valence-electron chi connectivity index (χ4n) is 2.86. The molecule has 0 amide bonds. The van der Waals surface area contributed by atoms with E-state index in [0.717, 1.165) is 12.6 Å². The van der Waals surface area contributed by atoms with Crippen molar-refractivity contribution in [2.75, 3.05) is 17.2 Å². The van der Waals surface area contributed by atoms with Crippen molar-refractivity contribution in [2.24, 2.45) is 0 Å². The third-order valence-electron chi connectivity index (χ3n) is 3.89. The predicted molar refractivity (Wildman–Crippen MR) is 81.6 cm³/mol. The quantitative estimate of drug-likeness (QED) is 0.657. The van der Waals surface area contributed by atoms with Crippen molar-refractivity contribution < 1.29 is 9.31 Å². The molecule has 23 heavy (non-hydrogen) atoms. The second kappa shape index (κ2) is 5.67. The molecule has 3 heterocycles. The molecule has 1 unspecified atom stereocenters. The summed E-state index contributed by atoms with van der Waals surface area (Å²) >= 11 is 0. The van der Waals surface area contributed by atoms with E-state index in [9.17, 15) is 19.3 Å². The zero-order valence-corrected chi connectivity index (χ0v) is 12.0. The molecule has 3 N–H and O–H groups in total. The Morgan fingerprint density at radius 2 is 2.26 bits per heavy atom. The molecule has 1 atom stereocenters. The van der Waals surface area contributed by atoms with Gasteiger partial charge in [0.15, 0.2) is 0 Å². The van der Waals surface area contributed by atoms with Crippen LogP contribution < -0.4 is 16.2 Å². The van der Waals surface area contributed by atoms with Gasteiger partial charge in [-0.1, -0.05) is 0 Å². The molecule has 0 saturated carbocycles. The number of halogens is 1. The van der Waals surface area contributed by atoms with Gasteiger partial charge in [0, 0.05) is 24.4 Å². The molecule has 1 aliphatic heterocycles. The van der Waals surface area contributed by atoms with E-state index < -0.39 is 10.7 Å². The van der Waals surface area contributed by atoms with E-state index in [1.807, 2.05) is 4.90 Å². The van der Waals surface area contributed by atoms with Gasteiger partial charge in [-0.3, -0.25) is 14.9 Å². The van der Waals surface area contributed by atoms with Gasteiger partial charge in [0.1, 0.15) is 11.6 Å². The molecule has 0 bridgehead atoms. The van der Waals surface area contributed by atoms with Gasteiger partial charge in [-0.25, -0.2) is 9.37 Å². The summed E-state index contributed by atoms with van der Waals surface area (Å²) in [5, 5.41) is 10.8. The number of nitrogens with two attached hydrogens (primary N) is 1. The first-order valence-electron chi connectivity index (χ1n) is 7.03. The molecule has 0 radical (unpaired) electrons. The van der Waals surface area contributed by atoms with Gasteiger partial charge in [-0.05, 0) is 25.0 Å². The lowest BCUT2D eigenvalue weighted by Crippen LogP contribution is -2.28. The molecule has 1 aliphatic rings. The van der Waals surface area contributed by atoms with Gasteiger partial charge < -0.3 is 15.6 Å². The fraction of sp³-hybridized carbons (Fsp3) is 0.286. The highest BCUT2D eigenvalue weighted by atomic mass is 19.1. The summed E-state index contributed by atoms with van der Waals surface area (Å²) in [4.78, 5) is 30.4. The van der Waals surface area contributed by atoms with Crippen LogP contribution in [0, 0.1) is 15.9 Å². The Hall–Kier alpha value is -2.97.